The Morgan fingerprint density at radius 3 is 2.55 bits per heavy atom. The third-order valence-corrected chi connectivity index (χ3v) is 7.21. The zero-order valence-corrected chi connectivity index (χ0v) is 22.9. The molecule has 0 bridgehead atoms. The molecule has 2 aromatic carbocycles. The molecule has 1 unspecified atom stereocenters. The van der Waals surface area contributed by atoms with Gasteiger partial charge >= 0.3 is 6.09 Å². The summed E-state index contributed by atoms with van der Waals surface area (Å²) < 4.78 is 11.3. The average Bonchev–Trinajstić information content (AvgIpc) is 3.31. The minimum Gasteiger partial charge on any atom is -0.457 e. The molecule has 4 N–H and O–H groups in total. The Bertz CT molecular complexity index is 1630. The van der Waals surface area contributed by atoms with E-state index in [1.165, 1.54) is 4.90 Å². The van der Waals surface area contributed by atoms with Crippen molar-refractivity contribution >= 4 is 45.9 Å². The number of rotatable bonds is 4. The number of carbonyl (C=O) groups is 2. The second-order valence-electron chi connectivity index (χ2n) is 11.0. The van der Waals surface area contributed by atoms with Crippen LogP contribution in [0.2, 0.25) is 5.02 Å². The van der Waals surface area contributed by atoms with Gasteiger partial charge in [0.05, 0.1) is 46.6 Å². The Balaban J connectivity index is 1.29. The van der Waals surface area contributed by atoms with Crippen LogP contribution >= 0.6 is 11.6 Å². The van der Waals surface area contributed by atoms with Crippen LogP contribution in [0.1, 0.15) is 36.7 Å². The molecule has 4 aromatic rings. The Hall–Kier alpha value is -4.28. The molecule has 1 atom stereocenters. The number of ketones is 1. The minimum absolute atomic E-state index is 0.210. The van der Waals surface area contributed by atoms with E-state index >= 15 is 0 Å². The van der Waals surface area contributed by atoms with Crippen molar-refractivity contribution in [3.05, 3.63) is 77.1 Å². The maximum atomic E-state index is 13.7. The van der Waals surface area contributed by atoms with Crippen LogP contribution in [0.3, 0.4) is 0 Å². The molecule has 1 spiro atoms. The number of nitrogens with zero attached hydrogens (tertiary/aromatic N) is 2. The summed E-state index contributed by atoms with van der Waals surface area (Å²) >= 11 is 6.55. The molecule has 2 aromatic heterocycles. The lowest BCUT2D eigenvalue weighted by Crippen LogP contribution is -2.75. The maximum Gasteiger partial charge on any atom is 0.410 e. The number of nitrogens with one attached hydrogen (secondary N) is 3. The number of aliphatic hydroxyl groups excluding tert-OH is 1. The standard InChI is InChI=1S/C29H28ClN5O5/c1-28(2,3)40-27(38)35-14-29(15-35)26(37)33-21-13-32-25-22(23(21)34-29)19(12-31-25)24(36)18-10-9-17(11-20(18)30)39-16-7-5-4-6-8-16/h4-13,26,33-34,37H,14-15H2,1-3H3,(H,31,32). The molecule has 1 saturated heterocycles. The number of H-pyrrole nitrogens is 1. The predicted molar refractivity (Wildman–Crippen MR) is 151 cm³/mol. The summed E-state index contributed by atoms with van der Waals surface area (Å²) in [6, 6.07) is 14.2. The lowest BCUT2D eigenvalue weighted by molar-refractivity contribution is -0.0313. The summed E-state index contributed by atoms with van der Waals surface area (Å²) in [7, 11) is 0. The van der Waals surface area contributed by atoms with E-state index in [1.807, 2.05) is 30.3 Å². The first kappa shape index (κ1) is 26.0. The van der Waals surface area contributed by atoms with Crippen LogP contribution in [0.4, 0.5) is 16.2 Å². The van der Waals surface area contributed by atoms with Crippen molar-refractivity contribution in [3.63, 3.8) is 0 Å². The number of aliphatic hydroxyl groups is 1. The number of halogens is 1. The Morgan fingerprint density at radius 2 is 1.85 bits per heavy atom. The fourth-order valence-electron chi connectivity index (χ4n) is 4.97. The van der Waals surface area contributed by atoms with Crippen LogP contribution in [-0.4, -0.2) is 62.3 Å². The number of hydrogen-bond donors (Lipinski definition) is 4. The predicted octanol–water partition coefficient (Wildman–Crippen LogP) is 5.38. The molecule has 2 aliphatic rings. The van der Waals surface area contributed by atoms with E-state index in [9.17, 15) is 14.7 Å². The smallest absolute Gasteiger partial charge is 0.410 e. The van der Waals surface area contributed by atoms with Gasteiger partial charge in [0.15, 0.2) is 12.0 Å². The van der Waals surface area contributed by atoms with Crippen molar-refractivity contribution in [2.24, 2.45) is 0 Å². The summed E-state index contributed by atoms with van der Waals surface area (Å²) in [6.07, 6.45) is 1.73. The van der Waals surface area contributed by atoms with E-state index in [0.29, 0.717) is 45.0 Å². The van der Waals surface area contributed by atoms with Gasteiger partial charge in [-0.15, -0.1) is 0 Å². The molecular weight excluding hydrogens is 534 g/mol. The largest absolute Gasteiger partial charge is 0.457 e. The number of hydrogen-bond acceptors (Lipinski definition) is 8. The van der Waals surface area contributed by atoms with Gasteiger partial charge in [-0.3, -0.25) is 4.79 Å². The molecule has 206 valence electrons. The molecule has 11 heteroatoms. The highest BCUT2D eigenvalue weighted by atomic mass is 35.5. The van der Waals surface area contributed by atoms with Crippen molar-refractivity contribution in [3.8, 4) is 11.5 Å². The second-order valence-corrected chi connectivity index (χ2v) is 11.4. The molecule has 0 radical (unpaired) electrons. The number of aromatic nitrogens is 2. The highest BCUT2D eigenvalue weighted by molar-refractivity contribution is 6.36. The topological polar surface area (TPSA) is 129 Å². The normalized spacial score (nSPS) is 17.4. The zero-order chi connectivity index (χ0) is 28.2. The number of pyridine rings is 1. The molecule has 6 rings (SSSR count). The number of benzene rings is 2. The monoisotopic (exact) mass is 561 g/mol. The van der Waals surface area contributed by atoms with Crippen molar-refractivity contribution < 1.29 is 24.2 Å². The number of anilines is 2. The highest BCUT2D eigenvalue weighted by Crippen LogP contribution is 2.43. The van der Waals surface area contributed by atoms with Gasteiger partial charge in [-0.2, -0.15) is 0 Å². The van der Waals surface area contributed by atoms with E-state index in [1.54, 1.807) is 51.4 Å². The Labute approximate surface area is 235 Å². The highest BCUT2D eigenvalue weighted by Gasteiger charge is 2.54. The summed E-state index contributed by atoms with van der Waals surface area (Å²) in [5, 5.41) is 18.2. The second kappa shape index (κ2) is 9.42. The van der Waals surface area contributed by atoms with Crippen molar-refractivity contribution in [2.75, 3.05) is 23.7 Å². The molecule has 1 fully saturated rings. The van der Waals surface area contributed by atoms with Gasteiger partial charge in [0, 0.05) is 17.8 Å². The molecule has 10 nitrogen and oxygen atoms in total. The molecule has 1 amide bonds. The van der Waals surface area contributed by atoms with Crippen LogP contribution in [-0.2, 0) is 4.74 Å². The van der Waals surface area contributed by atoms with Crippen LogP contribution in [0.5, 0.6) is 11.5 Å². The Morgan fingerprint density at radius 1 is 1.10 bits per heavy atom. The van der Waals surface area contributed by atoms with Crippen molar-refractivity contribution in [2.45, 2.75) is 38.1 Å². The van der Waals surface area contributed by atoms with Crippen LogP contribution in [0, 0.1) is 0 Å². The lowest BCUT2D eigenvalue weighted by atomic mass is 9.85. The number of aromatic amines is 1. The number of carbonyl (C=O) groups excluding carboxylic acids is 2. The van der Waals surface area contributed by atoms with E-state index in [2.05, 4.69) is 20.6 Å². The first-order chi connectivity index (χ1) is 19.0. The van der Waals surface area contributed by atoms with Gasteiger partial charge in [-0.1, -0.05) is 29.8 Å². The number of fused-ring (bicyclic) bond motifs is 3. The van der Waals surface area contributed by atoms with Crippen molar-refractivity contribution in [1.29, 1.82) is 0 Å². The summed E-state index contributed by atoms with van der Waals surface area (Å²) in [6.45, 7) is 5.83. The number of para-hydroxylation sites is 1. The van der Waals surface area contributed by atoms with Gasteiger partial charge in [0.25, 0.3) is 0 Å². The number of likely N-dealkylation sites (tertiary alicyclic amines) is 1. The van der Waals surface area contributed by atoms with Crippen molar-refractivity contribution in [1.82, 2.24) is 14.9 Å². The molecular formula is C29H28ClN5O5. The van der Waals surface area contributed by atoms with E-state index in [0.717, 1.165) is 0 Å². The molecule has 4 heterocycles. The SMILES string of the molecule is CC(C)(C)OC(=O)N1CC2(C1)Nc1c(cnc3[nH]cc(C(=O)c4ccc(Oc5ccccc5)cc4Cl)c13)NC2O. The van der Waals surface area contributed by atoms with Gasteiger partial charge in [0.1, 0.15) is 28.3 Å². The first-order valence-electron chi connectivity index (χ1n) is 12.8. The summed E-state index contributed by atoms with van der Waals surface area (Å²) in [4.78, 5) is 35.3. The summed E-state index contributed by atoms with van der Waals surface area (Å²) in [5.74, 6) is 0.860. The van der Waals surface area contributed by atoms with Crippen LogP contribution in [0.25, 0.3) is 11.0 Å². The third kappa shape index (κ3) is 4.59. The van der Waals surface area contributed by atoms with Gasteiger partial charge in [0.2, 0.25) is 0 Å². The summed E-state index contributed by atoms with van der Waals surface area (Å²) in [5.41, 5.74) is 0.794. The maximum absolute atomic E-state index is 13.7. The van der Waals surface area contributed by atoms with Crippen LogP contribution in [0.15, 0.2) is 60.9 Å². The van der Waals surface area contributed by atoms with Crippen LogP contribution < -0.4 is 15.4 Å². The third-order valence-electron chi connectivity index (χ3n) is 6.90. The minimum atomic E-state index is -0.998. The van der Waals surface area contributed by atoms with E-state index < -0.39 is 23.5 Å². The van der Waals surface area contributed by atoms with Gasteiger partial charge in [-0.05, 0) is 45.0 Å². The number of amides is 1. The molecule has 0 aliphatic carbocycles. The first-order valence-corrected chi connectivity index (χ1v) is 13.2. The molecule has 0 saturated carbocycles. The average molecular weight is 562 g/mol. The fourth-order valence-corrected chi connectivity index (χ4v) is 5.23. The number of ether oxygens (including phenoxy) is 2. The Kier molecular flexibility index (Phi) is 6.12. The molecule has 2 aliphatic heterocycles. The van der Waals surface area contributed by atoms with E-state index in [-0.39, 0.29) is 23.9 Å². The zero-order valence-electron chi connectivity index (χ0n) is 22.1. The fraction of sp³-hybridized carbons (Fsp3) is 0.276. The lowest BCUT2D eigenvalue weighted by Gasteiger charge is -2.55. The van der Waals surface area contributed by atoms with Gasteiger partial charge in [-0.25, -0.2) is 9.78 Å². The van der Waals surface area contributed by atoms with Gasteiger partial charge < -0.3 is 35.1 Å². The van der Waals surface area contributed by atoms with E-state index in [4.69, 9.17) is 21.1 Å². The quantitative estimate of drug-likeness (QED) is 0.244. The molecule has 40 heavy (non-hydrogen) atoms.